The molecule has 4 rings (SSSR count). The third-order valence-electron chi connectivity index (χ3n) is 4.49. The maximum Gasteiger partial charge on any atom is 0.258 e. The number of aromatic nitrogens is 6. The predicted molar refractivity (Wildman–Crippen MR) is 94.6 cm³/mol. The van der Waals surface area contributed by atoms with Gasteiger partial charge in [-0.1, -0.05) is 12.1 Å². The summed E-state index contributed by atoms with van der Waals surface area (Å²) in [6.45, 7) is 1.32. The average Bonchev–Trinajstić information content (AvgIpc) is 3.35. The molecule has 0 saturated carbocycles. The van der Waals surface area contributed by atoms with Crippen LogP contribution in [0.4, 0.5) is 0 Å². The molecule has 27 heavy (non-hydrogen) atoms. The van der Waals surface area contributed by atoms with Crippen LogP contribution in [-0.4, -0.2) is 60.2 Å². The lowest BCUT2D eigenvalue weighted by molar-refractivity contribution is -0.134. The van der Waals surface area contributed by atoms with Gasteiger partial charge in [0, 0.05) is 13.2 Å². The number of nitrogens with zero attached hydrogens (tertiary/aromatic N) is 6. The molecule has 0 spiro atoms. The number of hydrogen-bond donors (Lipinski definition) is 1. The molecule has 1 atom stereocenters. The molecule has 1 saturated heterocycles. The van der Waals surface area contributed by atoms with Crippen LogP contribution in [0, 0.1) is 0 Å². The quantitative estimate of drug-likeness (QED) is 0.655. The number of carbonyl (C=O) groups is 1. The van der Waals surface area contributed by atoms with Gasteiger partial charge >= 0.3 is 0 Å². The van der Waals surface area contributed by atoms with Crippen molar-refractivity contribution >= 4 is 16.8 Å². The maximum atomic E-state index is 12.8. The Balaban J connectivity index is 1.57. The minimum Gasteiger partial charge on any atom is -0.376 e. The van der Waals surface area contributed by atoms with Gasteiger partial charge < -0.3 is 14.6 Å². The molecule has 1 N–H and O–H groups in total. The monoisotopic (exact) mass is 369 g/mol. The van der Waals surface area contributed by atoms with Crippen LogP contribution in [0.25, 0.3) is 10.9 Å². The summed E-state index contributed by atoms with van der Waals surface area (Å²) in [5.74, 6) is 0.260. The van der Waals surface area contributed by atoms with E-state index in [0.29, 0.717) is 29.9 Å². The van der Waals surface area contributed by atoms with E-state index in [4.69, 9.17) is 4.74 Å². The van der Waals surface area contributed by atoms with Crippen molar-refractivity contribution in [2.24, 2.45) is 0 Å². The van der Waals surface area contributed by atoms with Crippen LogP contribution in [0.15, 0.2) is 35.4 Å². The summed E-state index contributed by atoms with van der Waals surface area (Å²) in [5.41, 5.74) is 0.377. The Hall–Kier alpha value is -3.14. The molecule has 1 fully saturated rings. The number of aromatic amines is 1. The van der Waals surface area contributed by atoms with Crippen molar-refractivity contribution in [3.05, 3.63) is 46.8 Å². The third kappa shape index (κ3) is 4.00. The molecule has 0 radical (unpaired) electrons. The van der Waals surface area contributed by atoms with E-state index in [0.717, 1.165) is 12.8 Å². The van der Waals surface area contributed by atoms with E-state index in [9.17, 15) is 9.59 Å². The van der Waals surface area contributed by atoms with Gasteiger partial charge in [-0.15, -0.1) is 5.10 Å². The molecule has 10 heteroatoms. The molecule has 0 aliphatic carbocycles. The number of carbonyl (C=O) groups excluding carboxylic acids is 1. The number of H-pyrrole nitrogens is 1. The van der Waals surface area contributed by atoms with Crippen molar-refractivity contribution in [1.82, 2.24) is 35.1 Å². The number of fused-ring (bicyclic) bond motifs is 1. The molecule has 1 aromatic carbocycles. The minimum absolute atomic E-state index is 0.0114. The summed E-state index contributed by atoms with van der Waals surface area (Å²) in [5, 5.41) is 11.3. The Labute approximate surface area is 154 Å². The highest BCUT2D eigenvalue weighted by Gasteiger charge is 2.24. The highest BCUT2D eigenvalue weighted by atomic mass is 16.5. The zero-order chi connectivity index (χ0) is 18.6. The Morgan fingerprint density at radius 3 is 3.04 bits per heavy atom. The van der Waals surface area contributed by atoms with Crippen molar-refractivity contribution in [2.75, 3.05) is 13.2 Å². The Bertz CT molecular complexity index is 980. The second-order valence-electron chi connectivity index (χ2n) is 6.45. The van der Waals surface area contributed by atoms with Gasteiger partial charge in [-0.05, 0) is 35.4 Å². The summed E-state index contributed by atoms with van der Waals surface area (Å²) in [4.78, 5) is 34.0. The van der Waals surface area contributed by atoms with Crippen molar-refractivity contribution in [3.8, 4) is 0 Å². The molecular formula is C17H19N7O3. The fourth-order valence-electron chi connectivity index (χ4n) is 3.17. The standard InChI is InChI=1S/C17H19N7O3/c25-16(10-24-11-18-21-22-24)23(8-12-4-3-7-27-12)9-15-19-14-6-2-1-5-13(14)17(26)20-15/h1-2,5-6,11-12H,3-4,7-10H2,(H,19,20,26)/t12-/m1/s1. The van der Waals surface area contributed by atoms with Gasteiger partial charge in [-0.2, -0.15) is 0 Å². The predicted octanol–water partition coefficient (Wildman–Crippen LogP) is 0.117. The molecule has 140 valence electrons. The van der Waals surface area contributed by atoms with Crippen molar-refractivity contribution in [1.29, 1.82) is 0 Å². The summed E-state index contributed by atoms with van der Waals surface area (Å²) in [6.07, 6.45) is 3.24. The van der Waals surface area contributed by atoms with E-state index in [1.165, 1.54) is 11.0 Å². The fourth-order valence-corrected chi connectivity index (χ4v) is 3.17. The topological polar surface area (TPSA) is 119 Å². The molecule has 1 amide bonds. The van der Waals surface area contributed by atoms with Crippen LogP contribution >= 0.6 is 0 Å². The molecule has 1 aliphatic heterocycles. The molecule has 3 aromatic rings. The van der Waals surface area contributed by atoms with Crippen molar-refractivity contribution < 1.29 is 9.53 Å². The van der Waals surface area contributed by atoms with Crippen LogP contribution in [0.2, 0.25) is 0 Å². The largest absolute Gasteiger partial charge is 0.376 e. The second kappa shape index (κ2) is 7.62. The Morgan fingerprint density at radius 1 is 1.37 bits per heavy atom. The number of para-hydroxylation sites is 1. The number of amides is 1. The second-order valence-corrected chi connectivity index (χ2v) is 6.45. The number of ether oxygens (including phenoxy) is 1. The van der Waals surface area contributed by atoms with Gasteiger partial charge in [0.25, 0.3) is 5.56 Å². The summed E-state index contributed by atoms with van der Waals surface area (Å²) < 4.78 is 7.03. The van der Waals surface area contributed by atoms with Gasteiger partial charge in [0.15, 0.2) is 0 Å². The van der Waals surface area contributed by atoms with E-state index >= 15 is 0 Å². The smallest absolute Gasteiger partial charge is 0.258 e. The van der Waals surface area contributed by atoms with E-state index < -0.39 is 0 Å². The fraction of sp³-hybridized carbons (Fsp3) is 0.412. The number of rotatable bonds is 6. The Kier molecular flexibility index (Phi) is 4.88. The van der Waals surface area contributed by atoms with Crippen LogP contribution in [0.1, 0.15) is 18.7 Å². The van der Waals surface area contributed by atoms with E-state index in [1.54, 1.807) is 23.1 Å². The molecule has 0 unspecified atom stereocenters. The lowest BCUT2D eigenvalue weighted by Gasteiger charge is -2.25. The minimum atomic E-state index is -0.222. The van der Waals surface area contributed by atoms with Crippen LogP contribution in [0.5, 0.6) is 0 Å². The van der Waals surface area contributed by atoms with Crippen molar-refractivity contribution in [3.63, 3.8) is 0 Å². The van der Waals surface area contributed by atoms with Crippen LogP contribution in [0.3, 0.4) is 0 Å². The molecule has 3 heterocycles. The average molecular weight is 369 g/mol. The molecule has 2 aromatic heterocycles. The van der Waals surface area contributed by atoms with Crippen LogP contribution in [-0.2, 0) is 22.6 Å². The SMILES string of the molecule is O=C(Cn1cnnn1)N(Cc1nc2ccccc2c(=O)[nH]1)C[C@H]1CCCO1. The summed E-state index contributed by atoms with van der Waals surface area (Å²) in [6, 6.07) is 7.11. The molecule has 0 bridgehead atoms. The molecular weight excluding hydrogens is 350 g/mol. The summed E-state index contributed by atoms with van der Waals surface area (Å²) in [7, 11) is 0. The normalized spacial score (nSPS) is 16.7. The van der Waals surface area contributed by atoms with Gasteiger partial charge in [0.05, 0.1) is 23.6 Å². The van der Waals surface area contributed by atoms with Gasteiger partial charge in [-0.25, -0.2) is 9.67 Å². The van der Waals surface area contributed by atoms with E-state index in [-0.39, 0.29) is 30.7 Å². The highest BCUT2D eigenvalue weighted by Crippen LogP contribution is 2.15. The van der Waals surface area contributed by atoms with E-state index in [2.05, 4.69) is 25.5 Å². The number of tetrazole rings is 1. The number of benzene rings is 1. The Morgan fingerprint density at radius 2 is 2.26 bits per heavy atom. The lowest BCUT2D eigenvalue weighted by Crippen LogP contribution is -2.39. The van der Waals surface area contributed by atoms with Gasteiger partial charge in [0.1, 0.15) is 18.7 Å². The van der Waals surface area contributed by atoms with Gasteiger partial charge in [-0.3, -0.25) is 9.59 Å². The number of nitrogens with one attached hydrogen (secondary N) is 1. The molecule has 10 nitrogen and oxygen atoms in total. The maximum absolute atomic E-state index is 12.8. The first-order valence-corrected chi connectivity index (χ1v) is 8.77. The first-order valence-electron chi connectivity index (χ1n) is 8.77. The van der Waals surface area contributed by atoms with E-state index in [1.807, 2.05) is 6.07 Å². The van der Waals surface area contributed by atoms with Gasteiger partial charge in [0.2, 0.25) is 5.91 Å². The highest BCUT2D eigenvalue weighted by molar-refractivity contribution is 5.77. The molecule has 1 aliphatic rings. The summed E-state index contributed by atoms with van der Waals surface area (Å²) >= 11 is 0. The van der Waals surface area contributed by atoms with Crippen molar-refractivity contribution in [2.45, 2.75) is 32.0 Å². The first-order chi connectivity index (χ1) is 13.2. The van der Waals surface area contributed by atoms with Crippen LogP contribution < -0.4 is 5.56 Å². The zero-order valence-corrected chi connectivity index (χ0v) is 14.6. The lowest BCUT2D eigenvalue weighted by atomic mass is 10.2. The zero-order valence-electron chi connectivity index (χ0n) is 14.6. The first kappa shape index (κ1) is 17.3. The number of hydrogen-bond acceptors (Lipinski definition) is 7. The third-order valence-corrected chi connectivity index (χ3v) is 4.49.